The van der Waals surface area contributed by atoms with Gasteiger partial charge < -0.3 is 10.0 Å². The number of carbonyl (C=O) groups is 1. The molecule has 4 rings (SSSR count). The summed E-state index contributed by atoms with van der Waals surface area (Å²) < 4.78 is 0. The van der Waals surface area contributed by atoms with Crippen LogP contribution < -0.4 is 0 Å². The Kier molecular flexibility index (Phi) is 4.61. The Bertz CT molecular complexity index is 853. The van der Waals surface area contributed by atoms with E-state index in [0.717, 1.165) is 11.1 Å². The van der Waals surface area contributed by atoms with E-state index >= 15 is 0 Å². The number of β-amino-alcohol motifs (C(OH)–C–C–N with tert-alkyl or cyclic N) is 1. The number of carbonyl (C=O) groups excluding carboxylic acids is 1. The molecule has 2 atom stereocenters. The molecule has 0 spiro atoms. The average Bonchev–Trinajstić information content (AvgIpc) is 2.96. The Morgan fingerprint density at radius 3 is 1.93 bits per heavy atom. The van der Waals surface area contributed by atoms with E-state index in [9.17, 15) is 9.90 Å². The number of hydrogen-bond donors (Lipinski definition) is 1. The van der Waals surface area contributed by atoms with Gasteiger partial charge in [-0.05, 0) is 38.3 Å². The third kappa shape index (κ3) is 2.83. The molecule has 2 aliphatic heterocycles. The molecule has 154 valence electrons. The number of fused-ring (bicyclic) bond motifs is 1. The molecule has 2 aliphatic rings. The van der Waals surface area contributed by atoms with E-state index in [0.29, 0.717) is 12.8 Å². The van der Waals surface area contributed by atoms with E-state index < -0.39 is 22.3 Å². The molecular formula is C24H29NO4. The molecular weight excluding hydrogens is 366 g/mol. The van der Waals surface area contributed by atoms with Gasteiger partial charge in [0.1, 0.15) is 5.41 Å². The van der Waals surface area contributed by atoms with Crippen molar-refractivity contribution in [3.63, 3.8) is 0 Å². The highest BCUT2D eigenvalue weighted by Gasteiger charge is 2.71. The van der Waals surface area contributed by atoms with Crippen molar-refractivity contribution in [3.8, 4) is 0 Å². The standard InChI is InChI=1S/C24H29NO4/c1-5-22-16-23(18-12-8-6-9-13-18,19-14-10-7-11-15-19)28-29-24(22,27)17-25(20(22)26)21(2,3)4/h6-15,27H,5,16-17H2,1-4H3. The Morgan fingerprint density at radius 2 is 1.48 bits per heavy atom. The summed E-state index contributed by atoms with van der Waals surface area (Å²) in [6.45, 7) is 7.93. The van der Waals surface area contributed by atoms with Gasteiger partial charge in [0.05, 0.1) is 6.54 Å². The molecule has 5 nitrogen and oxygen atoms in total. The van der Waals surface area contributed by atoms with Gasteiger partial charge in [-0.1, -0.05) is 67.6 Å². The first-order valence-electron chi connectivity index (χ1n) is 10.2. The minimum Gasteiger partial charge on any atom is -0.361 e. The van der Waals surface area contributed by atoms with Gasteiger partial charge in [-0.2, -0.15) is 4.89 Å². The lowest BCUT2D eigenvalue weighted by Gasteiger charge is -2.49. The van der Waals surface area contributed by atoms with Gasteiger partial charge in [0.2, 0.25) is 11.7 Å². The molecule has 0 radical (unpaired) electrons. The first kappa shape index (κ1) is 20.1. The summed E-state index contributed by atoms with van der Waals surface area (Å²) in [6, 6.07) is 19.6. The van der Waals surface area contributed by atoms with Crippen LogP contribution in [0.2, 0.25) is 0 Å². The zero-order valence-corrected chi connectivity index (χ0v) is 17.5. The molecule has 0 aromatic heterocycles. The predicted molar refractivity (Wildman–Crippen MR) is 110 cm³/mol. The van der Waals surface area contributed by atoms with Crippen LogP contribution in [0.15, 0.2) is 60.7 Å². The van der Waals surface area contributed by atoms with Crippen LogP contribution in [-0.2, 0) is 20.2 Å². The fourth-order valence-electron chi connectivity index (χ4n) is 4.75. The third-order valence-corrected chi connectivity index (χ3v) is 6.54. The highest BCUT2D eigenvalue weighted by molar-refractivity contribution is 5.87. The maximum absolute atomic E-state index is 13.7. The van der Waals surface area contributed by atoms with Gasteiger partial charge in [0, 0.05) is 12.0 Å². The molecule has 0 saturated carbocycles. The highest BCUT2D eigenvalue weighted by atomic mass is 17.2. The second kappa shape index (κ2) is 6.66. The Balaban J connectivity index is 1.89. The molecule has 2 aromatic rings. The second-order valence-corrected chi connectivity index (χ2v) is 9.18. The average molecular weight is 395 g/mol. The summed E-state index contributed by atoms with van der Waals surface area (Å²) >= 11 is 0. The van der Waals surface area contributed by atoms with Crippen molar-refractivity contribution in [3.05, 3.63) is 71.8 Å². The molecule has 2 saturated heterocycles. The minimum atomic E-state index is -1.70. The minimum absolute atomic E-state index is 0.0861. The van der Waals surface area contributed by atoms with Crippen LogP contribution in [0.3, 0.4) is 0 Å². The second-order valence-electron chi connectivity index (χ2n) is 9.18. The molecule has 2 heterocycles. The Hall–Kier alpha value is -2.21. The van der Waals surface area contributed by atoms with E-state index in [-0.39, 0.29) is 12.5 Å². The summed E-state index contributed by atoms with van der Waals surface area (Å²) in [4.78, 5) is 27.3. The number of benzene rings is 2. The topological polar surface area (TPSA) is 59.0 Å². The fraction of sp³-hybridized carbons (Fsp3) is 0.458. The summed E-state index contributed by atoms with van der Waals surface area (Å²) in [6.07, 6.45) is 0.742. The van der Waals surface area contributed by atoms with Crippen LogP contribution in [0, 0.1) is 5.41 Å². The summed E-state index contributed by atoms with van der Waals surface area (Å²) in [5, 5.41) is 11.5. The molecule has 2 fully saturated rings. The van der Waals surface area contributed by atoms with E-state index in [2.05, 4.69) is 0 Å². The zero-order chi connectivity index (χ0) is 20.9. The van der Waals surface area contributed by atoms with Crippen LogP contribution in [0.4, 0.5) is 0 Å². The molecule has 2 aromatic carbocycles. The first-order chi connectivity index (χ1) is 13.7. The van der Waals surface area contributed by atoms with Crippen molar-refractivity contribution in [2.75, 3.05) is 6.54 Å². The van der Waals surface area contributed by atoms with Crippen molar-refractivity contribution in [1.29, 1.82) is 0 Å². The predicted octanol–water partition coefficient (Wildman–Crippen LogP) is 4.01. The van der Waals surface area contributed by atoms with Gasteiger partial charge in [0.15, 0.2) is 5.60 Å². The third-order valence-electron chi connectivity index (χ3n) is 6.54. The van der Waals surface area contributed by atoms with Gasteiger partial charge in [-0.15, -0.1) is 0 Å². The van der Waals surface area contributed by atoms with E-state index in [1.54, 1.807) is 4.90 Å². The van der Waals surface area contributed by atoms with Gasteiger partial charge >= 0.3 is 0 Å². The normalized spacial score (nSPS) is 29.0. The first-order valence-corrected chi connectivity index (χ1v) is 10.2. The molecule has 0 aliphatic carbocycles. The van der Waals surface area contributed by atoms with Crippen LogP contribution in [0.25, 0.3) is 0 Å². The van der Waals surface area contributed by atoms with Crippen molar-refractivity contribution in [2.24, 2.45) is 5.41 Å². The lowest BCUT2D eigenvalue weighted by Crippen LogP contribution is -2.59. The van der Waals surface area contributed by atoms with Crippen LogP contribution in [0.5, 0.6) is 0 Å². The van der Waals surface area contributed by atoms with Gasteiger partial charge in [-0.3, -0.25) is 4.79 Å². The molecule has 29 heavy (non-hydrogen) atoms. The Labute approximate surface area is 172 Å². The summed E-state index contributed by atoms with van der Waals surface area (Å²) in [5.74, 6) is -1.78. The Morgan fingerprint density at radius 1 is 0.966 bits per heavy atom. The van der Waals surface area contributed by atoms with E-state index in [4.69, 9.17) is 9.78 Å². The van der Waals surface area contributed by atoms with Crippen molar-refractivity contribution in [1.82, 2.24) is 4.90 Å². The number of amides is 1. The van der Waals surface area contributed by atoms with Crippen LogP contribution in [0.1, 0.15) is 51.7 Å². The largest absolute Gasteiger partial charge is 0.361 e. The summed E-state index contributed by atoms with van der Waals surface area (Å²) in [7, 11) is 0. The van der Waals surface area contributed by atoms with Crippen molar-refractivity contribution < 1.29 is 19.7 Å². The van der Waals surface area contributed by atoms with Crippen molar-refractivity contribution in [2.45, 2.75) is 57.5 Å². The lowest BCUT2D eigenvalue weighted by atomic mass is 9.66. The molecule has 5 heteroatoms. The number of aliphatic hydroxyl groups is 1. The smallest absolute Gasteiger partial charge is 0.235 e. The molecule has 0 bridgehead atoms. The van der Waals surface area contributed by atoms with Crippen LogP contribution in [-0.4, -0.2) is 33.8 Å². The van der Waals surface area contributed by atoms with Crippen LogP contribution >= 0.6 is 0 Å². The van der Waals surface area contributed by atoms with Crippen molar-refractivity contribution >= 4 is 5.91 Å². The number of likely N-dealkylation sites (tertiary alicyclic amines) is 1. The fourth-order valence-corrected chi connectivity index (χ4v) is 4.75. The number of rotatable bonds is 3. The van der Waals surface area contributed by atoms with E-state index in [1.165, 1.54) is 0 Å². The SMILES string of the molecule is CCC12CC(c3ccccc3)(c3ccccc3)OOC1(O)CN(C(C)(C)C)C2=O. The zero-order valence-electron chi connectivity index (χ0n) is 17.5. The number of hydrogen-bond acceptors (Lipinski definition) is 4. The van der Waals surface area contributed by atoms with Gasteiger partial charge in [0.25, 0.3) is 0 Å². The maximum atomic E-state index is 13.7. The summed E-state index contributed by atoms with van der Waals surface area (Å²) in [5.41, 5.74) is -0.748. The van der Waals surface area contributed by atoms with E-state index in [1.807, 2.05) is 88.4 Å². The monoisotopic (exact) mass is 395 g/mol. The molecule has 1 N–H and O–H groups in total. The molecule has 2 unspecified atom stereocenters. The highest BCUT2D eigenvalue weighted by Crippen LogP contribution is 2.58. The lowest BCUT2D eigenvalue weighted by molar-refractivity contribution is -0.503. The quantitative estimate of drug-likeness (QED) is 0.798. The number of nitrogens with zero attached hydrogens (tertiary/aromatic N) is 1. The maximum Gasteiger partial charge on any atom is 0.235 e. The van der Waals surface area contributed by atoms with Gasteiger partial charge in [-0.25, -0.2) is 4.89 Å². The molecule has 1 amide bonds.